The molecule has 0 bridgehead atoms. The summed E-state index contributed by atoms with van der Waals surface area (Å²) in [6.07, 6.45) is 0. The molecule has 7 heteroatoms. The van der Waals surface area contributed by atoms with Crippen molar-refractivity contribution in [3.05, 3.63) is 64.1 Å². The normalized spacial score (nSPS) is 20.7. The summed E-state index contributed by atoms with van der Waals surface area (Å²) in [5, 5.41) is 4.54. The molecule has 4 rings (SSSR count). The standard InChI is InChI=1S/C22H26Cl2N4O/c23-19-7-6-18(14-20(19)24)27-10-12-28(13-11-27)22(29)21-16-26(9-8-25-21)15-17-4-2-1-3-5-17/h1-7,14,21,25H,8-13,15-16H2/t21-/m0/s1. The van der Waals surface area contributed by atoms with Gasteiger partial charge >= 0.3 is 0 Å². The highest BCUT2D eigenvalue weighted by Crippen LogP contribution is 2.27. The van der Waals surface area contributed by atoms with Crippen LogP contribution in [0.3, 0.4) is 0 Å². The molecule has 0 aliphatic carbocycles. The minimum absolute atomic E-state index is 0.135. The summed E-state index contributed by atoms with van der Waals surface area (Å²) in [5.41, 5.74) is 2.34. The van der Waals surface area contributed by atoms with Gasteiger partial charge in [-0.3, -0.25) is 9.69 Å². The summed E-state index contributed by atoms with van der Waals surface area (Å²) in [6, 6.07) is 16.0. The van der Waals surface area contributed by atoms with Gasteiger partial charge in [-0.15, -0.1) is 0 Å². The number of nitrogens with one attached hydrogen (secondary N) is 1. The van der Waals surface area contributed by atoms with E-state index in [2.05, 4.69) is 39.4 Å². The molecular weight excluding hydrogens is 407 g/mol. The lowest BCUT2D eigenvalue weighted by Crippen LogP contribution is -2.60. The fourth-order valence-electron chi connectivity index (χ4n) is 4.05. The Kier molecular flexibility index (Phi) is 6.60. The molecule has 1 amide bonds. The molecule has 0 aromatic heterocycles. The molecule has 0 spiro atoms. The molecule has 0 radical (unpaired) electrons. The van der Waals surface area contributed by atoms with E-state index < -0.39 is 0 Å². The van der Waals surface area contributed by atoms with Crippen LogP contribution in [0.1, 0.15) is 5.56 Å². The summed E-state index contributed by atoms with van der Waals surface area (Å²) in [5.74, 6) is 0.205. The number of rotatable bonds is 4. The first-order chi connectivity index (χ1) is 14.1. The number of benzene rings is 2. The van der Waals surface area contributed by atoms with Gasteiger partial charge in [0.15, 0.2) is 0 Å². The zero-order chi connectivity index (χ0) is 20.2. The molecule has 154 valence electrons. The van der Waals surface area contributed by atoms with Gasteiger partial charge in [-0.25, -0.2) is 0 Å². The maximum atomic E-state index is 13.1. The van der Waals surface area contributed by atoms with Crippen LogP contribution in [0, 0.1) is 0 Å². The lowest BCUT2D eigenvalue weighted by molar-refractivity contribution is -0.135. The minimum Gasteiger partial charge on any atom is -0.368 e. The van der Waals surface area contributed by atoms with Crippen LogP contribution >= 0.6 is 23.2 Å². The van der Waals surface area contributed by atoms with Gasteiger partial charge in [0.05, 0.1) is 16.1 Å². The number of hydrogen-bond acceptors (Lipinski definition) is 4. The third kappa shape index (κ3) is 5.04. The van der Waals surface area contributed by atoms with Crippen molar-refractivity contribution in [2.75, 3.05) is 50.7 Å². The SMILES string of the molecule is O=C([C@@H]1CN(Cc2ccccc2)CCN1)N1CCN(c2ccc(Cl)c(Cl)c2)CC1. The number of carbonyl (C=O) groups excluding carboxylic acids is 1. The average molecular weight is 433 g/mol. The van der Waals surface area contributed by atoms with Gasteiger partial charge in [0.1, 0.15) is 0 Å². The van der Waals surface area contributed by atoms with Gasteiger partial charge in [-0.1, -0.05) is 53.5 Å². The topological polar surface area (TPSA) is 38.8 Å². The Morgan fingerprint density at radius 3 is 2.45 bits per heavy atom. The van der Waals surface area contributed by atoms with Gasteiger partial charge < -0.3 is 15.1 Å². The van der Waals surface area contributed by atoms with Crippen molar-refractivity contribution in [1.29, 1.82) is 0 Å². The number of nitrogens with zero attached hydrogens (tertiary/aromatic N) is 3. The van der Waals surface area contributed by atoms with Gasteiger partial charge in [-0.2, -0.15) is 0 Å². The first-order valence-electron chi connectivity index (χ1n) is 10.1. The Morgan fingerprint density at radius 1 is 0.966 bits per heavy atom. The monoisotopic (exact) mass is 432 g/mol. The van der Waals surface area contributed by atoms with Crippen LogP contribution < -0.4 is 10.2 Å². The third-order valence-electron chi connectivity index (χ3n) is 5.67. The van der Waals surface area contributed by atoms with Crippen LogP contribution in [-0.4, -0.2) is 67.6 Å². The second kappa shape index (κ2) is 9.35. The number of amides is 1. The van der Waals surface area contributed by atoms with E-state index in [1.165, 1.54) is 5.56 Å². The molecule has 2 aliphatic heterocycles. The van der Waals surface area contributed by atoms with Crippen LogP contribution in [0.15, 0.2) is 48.5 Å². The Bertz CT molecular complexity index is 840. The van der Waals surface area contributed by atoms with Crippen LogP contribution in [0.2, 0.25) is 10.0 Å². The molecule has 1 atom stereocenters. The van der Waals surface area contributed by atoms with Gasteiger partial charge in [-0.05, 0) is 23.8 Å². The molecule has 2 aromatic rings. The highest BCUT2D eigenvalue weighted by molar-refractivity contribution is 6.42. The molecule has 0 saturated carbocycles. The van der Waals surface area contributed by atoms with Crippen molar-refractivity contribution in [1.82, 2.24) is 15.1 Å². The smallest absolute Gasteiger partial charge is 0.241 e. The fraction of sp³-hybridized carbons (Fsp3) is 0.409. The molecule has 29 heavy (non-hydrogen) atoms. The maximum absolute atomic E-state index is 13.1. The second-order valence-electron chi connectivity index (χ2n) is 7.64. The highest BCUT2D eigenvalue weighted by atomic mass is 35.5. The van der Waals surface area contributed by atoms with E-state index in [-0.39, 0.29) is 11.9 Å². The van der Waals surface area contributed by atoms with Crippen molar-refractivity contribution in [2.24, 2.45) is 0 Å². The lowest BCUT2D eigenvalue weighted by Gasteiger charge is -2.40. The van der Waals surface area contributed by atoms with E-state index in [1.54, 1.807) is 0 Å². The number of hydrogen-bond donors (Lipinski definition) is 1. The molecule has 2 aliphatic rings. The van der Waals surface area contributed by atoms with Gasteiger partial charge in [0.2, 0.25) is 5.91 Å². The Hall–Kier alpha value is -1.79. The van der Waals surface area contributed by atoms with Crippen LogP contribution in [0.25, 0.3) is 0 Å². The summed E-state index contributed by atoms with van der Waals surface area (Å²) in [6.45, 7) is 6.47. The Labute approximate surface area is 182 Å². The molecular formula is C22H26Cl2N4O. The van der Waals surface area contributed by atoms with Crippen molar-refractivity contribution in [3.8, 4) is 0 Å². The molecule has 2 heterocycles. The van der Waals surface area contributed by atoms with E-state index >= 15 is 0 Å². The first-order valence-corrected chi connectivity index (χ1v) is 10.8. The zero-order valence-electron chi connectivity index (χ0n) is 16.4. The quantitative estimate of drug-likeness (QED) is 0.805. The lowest BCUT2D eigenvalue weighted by atomic mass is 10.1. The van der Waals surface area contributed by atoms with Crippen molar-refractivity contribution < 1.29 is 4.79 Å². The minimum atomic E-state index is -0.135. The Morgan fingerprint density at radius 2 is 1.72 bits per heavy atom. The molecule has 2 fully saturated rings. The highest BCUT2D eigenvalue weighted by Gasteiger charge is 2.31. The molecule has 1 N–H and O–H groups in total. The average Bonchev–Trinajstić information content (AvgIpc) is 2.76. The maximum Gasteiger partial charge on any atom is 0.241 e. The summed E-state index contributed by atoms with van der Waals surface area (Å²) in [7, 11) is 0. The predicted molar refractivity (Wildman–Crippen MR) is 119 cm³/mol. The Balaban J connectivity index is 1.31. The number of anilines is 1. The van der Waals surface area contributed by atoms with Gasteiger partial charge in [0.25, 0.3) is 0 Å². The molecule has 5 nitrogen and oxygen atoms in total. The third-order valence-corrected chi connectivity index (χ3v) is 6.41. The summed E-state index contributed by atoms with van der Waals surface area (Å²) < 4.78 is 0. The molecule has 0 unspecified atom stereocenters. The first kappa shape index (κ1) is 20.5. The summed E-state index contributed by atoms with van der Waals surface area (Å²) in [4.78, 5) is 19.7. The van der Waals surface area contributed by atoms with Crippen LogP contribution in [0.4, 0.5) is 5.69 Å². The molecule has 2 aromatic carbocycles. The van der Waals surface area contributed by atoms with E-state index in [0.29, 0.717) is 10.0 Å². The number of piperazine rings is 2. The predicted octanol–water partition coefficient (Wildman–Crippen LogP) is 3.12. The van der Waals surface area contributed by atoms with Gasteiger partial charge in [0, 0.05) is 58.0 Å². The van der Waals surface area contributed by atoms with Crippen molar-refractivity contribution in [2.45, 2.75) is 12.6 Å². The van der Waals surface area contributed by atoms with E-state index in [4.69, 9.17) is 23.2 Å². The van der Waals surface area contributed by atoms with E-state index in [1.807, 2.05) is 29.2 Å². The van der Waals surface area contributed by atoms with Crippen LogP contribution in [-0.2, 0) is 11.3 Å². The summed E-state index contributed by atoms with van der Waals surface area (Å²) >= 11 is 12.2. The van der Waals surface area contributed by atoms with E-state index in [0.717, 1.165) is 58.0 Å². The van der Waals surface area contributed by atoms with Crippen molar-refractivity contribution in [3.63, 3.8) is 0 Å². The number of carbonyl (C=O) groups is 1. The molecule has 2 saturated heterocycles. The largest absolute Gasteiger partial charge is 0.368 e. The van der Waals surface area contributed by atoms with E-state index in [9.17, 15) is 4.79 Å². The zero-order valence-corrected chi connectivity index (χ0v) is 17.9. The second-order valence-corrected chi connectivity index (χ2v) is 8.45. The van der Waals surface area contributed by atoms with Crippen LogP contribution in [0.5, 0.6) is 0 Å². The fourth-order valence-corrected chi connectivity index (χ4v) is 4.34. The van der Waals surface area contributed by atoms with Crippen molar-refractivity contribution >= 4 is 34.8 Å². The number of halogens is 2.